The number of aryl methyl sites for hydroxylation is 1. The third-order valence-electron chi connectivity index (χ3n) is 4.54. The van der Waals surface area contributed by atoms with E-state index >= 15 is 0 Å². The smallest absolute Gasteiger partial charge is 0.261 e. The molecule has 136 valence electrons. The monoisotopic (exact) mass is 428 g/mol. The largest absolute Gasteiger partial charge is 0.352 e. The molecule has 2 unspecified atom stereocenters. The third-order valence-corrected chi connectivity index (χ3v) is 5.03. The summed E-state index contributed by atoms with van der Waals surface area (Å²) in [4.78, 5) is 29.0. The van der Waals surface area contributed by atoms with Gasteiger partial charge in [-0.05, 0) is 37.1 Å². The zero-order valence-electron chi connectivity index (χ0n) is 14.0. The molecule has 2 N–H and O–H groups in total. The standard InChI is InChI=1S/C17H21BrN4O2.ClH/c1-11-4-6-19-9-15(11)21-16(23)5-7-22-10-20-14-3-2-12(18)8-13(14)17(22)24;/h2-3,8,10-11,15,19H,4-7,9H2,1H3,(H,21,23);1H. The van der Waals surface area contributed by atoms with Crippen LogP contribution in [0.25, 0.3) is 10.9 Å². The van der Waals surface area contributed by atoms with Crippen LogP contribution in [0.4, 0.5) is 0 Å². The number of hydrogen-bond donors (Lipinski definition) is 2. The summed E-state index contributed by atoms with van der Waals surface area (Å²) in [6.07, 6.45) is 2.84. The van der Waals surface area contributed by atoms with Gasteiger partial charge in [0.2, 0.25) is 5.91 Å². The van der Waals surface area contributed by atoms with Crippen LogP contribution in [-0.4, -0.2) is 34.6 Å². The first kappa shape index (κ1) is 19.9. The second kappa shape index (κ2) is 8.78. The van der Waals surface area contributed by atoms with E-state index in [0.717, 1.165) is 24.0 Å². The molecule has 1 fully saturated rings. The first-order valence-electron chi connectivity index (χ1n) is 8.19. The molecule has 25 heavy (non-hydrogen) atoms. The highest BCUT2D eigenvalue weighted by atomic mass is 79.9. The lowest BCUT2D eigenvalue weighted by atomic mass is 9.95. The van der Waals surface area contributed by atoms with Crippen molar-refractivity contribution >= 4 is 45.1 Å². The normalized spacial score (nSPS) is 20.1. The number of benzene rings is 1. The van der Waals surface area contributed by atoms with Crippen molar-refractivity contribution in [1.29, 1.82) is 0 Å². The molecule has 0 saturated carbocycles. The Morgan fingerprint density at radius 2 is 2.28 bits per heavy atom. The highest BCUT2D eigenvalue weighted by Crippen LogP contribution is 2.15. The van der Waals surface area contributed by atoms with E-state index in [-0.39, 0.29) is 36.3 Å². The SMILES string of the molecule is CC1CCNCC1NC(=O)CCn1cnc2ccc(Br)cc2c1=O.Cl. The Bertz CT molecular complexity index is 811. The average Bonchev–Trinajstić information content (AvgIpc) is 2.57. The molecule has 0 radical (unpaired) electrons. The first-order valence-corrected chi connectivity index (χ1v) is 8.98. The molecule has 0 spiro atoms. The van der Waals surface area contributed by atoms with Gasteiger partial charge >= 0.3 is 0 Å². The van der Waals surface area contributed by atoms with E-state index in [1.54, 1.807) is 12.1 Å². The van der Waals surface area contributed by atoms with Gasteiger partial charge in [0.05, 0.1) is 17.2 Å². The van der Waals surface area contributed by atoms with Crippen LogP contribution in [0.2, 0.25) is 0 Å². The fourth-order valence-electron chi connectivity index (χ4n) is 2.97. The van der Waals surface area contributed by atoms with E-state index in [0.29, 0.717) is 23.4 Å². The summed E-state index contributed by atoms with van der Waals surface area (Å²) in [5, 5.41) is 6.91. The Morgan fingerprint density at radius 1 is 1.48 bits per heavy atom. The van der Waals surface area contributed by atoms with Gasteiger partial charge in [-0.2, -0.15) is 0 Å². The summed E-state index contributed by atoms with van der Waals surface area (Å²) in [5.74, 6) is 0.439. The lowest BCUT2D eigenvalue weighted by Gasteiger charge is -2.30. The molecule has 1 aliphatic heterocycles. The number of nitrogens with zero attached hydrogens (tertiary/aromatic N) is 2. The number of nitrogens with one attached hydrogen (secondary N) is 2. The van der Waals surface area contributed by atoms with Gasteiger partial charge in [-0.1, -0.05) is 22.9 Å². The maximum Gasteiger partial charge on any atom is 0.261 e. The first-order chi connectivity index (χ1) is 11.5. The second-order valence-corrected chi connectivity index (χ2v) is 7.21. The molecule has 6 nitrogen and oxygen atoms in total. The Kier molecular flexibility index (Phi) is 6.98. The number of halogens is 2. The van der Waals surface area contributed by atoms with Gasteiger partial charge in [-0.15, -0.1) is 12.4 Å². The van der Waals surface area contributed by atoms with Gasteiger partial charge in [0.25, 0.3) is 5.56 Å². The molecular formula is C17H22BrClN4O2. The fraction of sp³-hybridized carbons (Fsp3) is 0.471. The summed E-state index contributed by atoms with van der Waals surface area (Å²) < 4.78 is 2.33. The molecule has 2 aromatic rings. The quantitative estimate of drug-likeness (QED) is 0.780. The number of carbonyl (C=O) groups excluding carboxylic acids is 1. The number of piperidine rings is 1. The zero-order chi connectivity index (χ0) is 17.1. The maximum absolute atomic E-state index is 12.5. The molecule has 0 aliphatic carbocycles. The highest BCUT2D eigenvalue weighted by molar-refractivity contribution is 9.10. The van der Waals surface area contributed by atoms with Gasteiger partial charge in [0, 0.05) is 30.0 Å². The van der Waals surface area contributed by atoms with Crippen LogP contribution in [-0.2, 0) is 11.3 Å². The lowest BCUT2D eigenvalue weighted by Crippen LogP contribution is -2.50. The second-order valence-electron chi connectivity index (χ2n) is 6.30. The molecule has 0 bridgehead atoms. The predicted molar refractivity (Wildman–Crippen MR) is 104 cm³/mol. The number of amides is 1. The Balaban J connectivity index is 0.00000225. The zero-order valence-corrected chi connectivity index (χ0v) is 16.4. The van der Waals surface area contributed by atoms with Gasteiger partial charge in [-0.25, -0.2) is 4.98 Å². The van der Waals surface area contributed by atoms with Crippen LogP contribution in [0.3, 0.4) is 0 Å². The Morgan fingerprint density at radius 3 is 3.04 bits per heavy atom. The maximum atomic E-state index is 12.5. The van der Waals surface area contributed by atoms with Crippen molar-refractivity contribution in [1.82, 2.24) is 20.2 Å². The van der Waals surface area contributed by atoms with E-state index < -0.39 is 0 Å². The van der Waals surface area contributed by atoms with Crippen molar-refractivity contribution in [3.05, 3.63) is 39.4 Å². The van der Waals surface area contributed by atoms with Crippen molar-refractivity contribution in [3.8, 4) is 0 Å². The minimum atomic E-state index is -0.123. The Hall–Kier alpha value is -1.44. The van der Waals surface area contributed by atoms with Crippen LogP contribution in [0.15, 0.2) is 33.8 Å². The van der Waals surface area contributed by atoms with Crippen LogP contribution in [0, 0.1) is 5.92 Å². The minimum absolute atomic E-state index is 0. The van der Waals surface area contributed by atoms with Gasteiger partial charge in [0.1, 0.15) is 0 Å². The number of rotatable bonds is 4. The fourth-order valence-corrected chi connectivity index (χ4v) is 3.34. The predicted octanol–water partition coefficient (Wildman–Crippen LogP) is 2.09. The van der Waals surface area contributed by atoms with Crippen molar-refractivity contribution in [2.75, 3.05) is 13.1 Å². The lowest BCUT2D eigenvalue weighted by molar-refractivity contribution is -0.122. The highest BCUT2D eigenvalue weighted by Gasteiger charge is 2.22. The van der Waals surface area contributed by atoms with Gasteiger partial charge in [0.15, 0.2) is 0 Å². The summed E-state index contributed by atoms with van der Waals surface area (Å²) in [7, 11) is 0. The van der Waals surface area contributed by atoms with E-state index in [1.807, 2.05) is 6.07 Å². The summed E-state index contributed by atoms with van der Waals surface area (Å²) in [6, 6.07) is 5.58. The molecular weight excluding hydrogens is 408 g/mol. The molecule has 1 aromatic carbocycles. The number of hydrogen-bond acceptors (Lipinski definition) is 4. The molecule has 2 heterocycles. The van der Waals surface area contributed by atoms with Crippen LogP contribution in [0.1, 0.15) is 19.8 Å². The summed E-state index contributed by atoms with van der Waals surface area (Å²) in [6.45, 7) is 4.29. The molecule has 1 amide bonds. The molecule has 1 aromatic heterocycles. The van der Waals surface area contributed by atoms with E-state index in [2.05, 4.69) is 38.5 Å². The van der Waals surface area contributed by atoms with Gasteiger partial charge < -0.3 is 10.6 Å². The van der Waals surface area contributed by atoms with Crippen molar-refractivity contribution in [3.63, 3.8) is 0 Å². The van der Waals surface area contributed by atoms with Crippen LogP contribution < -0.4 is 16.2 Å². The average molecular weight is 430 g/mol. The number of fused-ring (bicyclic) bond motifs is 1. The molecule has 8 heteroatoms. The molecule has 3 rings (SSSR count). The van der Waals surface area contributed by atoms with Crippen molar-refractivity contribution < 1.29 is 4.79 Å². The topological polar surface area (TPSA) is 76.0 Å². The van der Waals surface area contributed by atoms with E-state index in [9.17, 15) is 9.59 Å². The molecule has 1 aliphatic rings. The molecule has 2 atom stereocenters. The number of carbonyl (C=O) groups is 1. The number of aromatic nitrogens is 2. The van der Waals surface area contributed by atoms with E-state index in [4.69, 9.17) is 0 Å². The van der Waals surface area contributed by atoms with Gasteiger partial charge in [-0.3, -0.25) is 14.2 Å². The summed E-state index contributed by atoms with van der Waals surface area (Å²) >= 11 is 3.37. The van der Waals surface area contributed by atoms with Crippen molar-refractivity contribution in [2.45, 2.75) is 32.4 Å². The molecule has 1 saturated heterocycles. The van der Waals surface area contributed by atoms with E-state index in [1.165, 1.54) is 10.9 Å². The summed E-state index contributed by atoms with van der Waals surface area (Å²) in [5.41, 5.74) is 0.535. The van der Waals surface area contributed by atoms with Crippen LogP contribution in [0.5, 0.6) is 0 Å². The third kappa shape index (κ3) is 4.80. The van der Waals surface area contributed by atoms with Crippen LogP contribution >= 0.6 is 28.3 Å². The minimum Gasteiger partial charge on any atom is -0.352 e. The Labute approximate surface area is 160 Å². The van der Waals surface area contributed by atoms with Crippen molar-refractivity contribution in [2.24, 2.45) is 5.92 Å².